The molecule has 0 bridgehead atoms. The van der Waals surface area contributed by atoms with Gasteiger partial charge in [-0.25, -0.2) is 4.90 Å². The van der Waals surface area contributed by atoms with Crippen molar-refractivity contribution >= 4 is 40.7 Å². The average Bonchev–Trinajstić information content (AvgIpc) is 3.03. The molecule has 1 aliphatic carbocycles. The molecule has 1 aliphatic heterocycles. The number of amides is 3. The second-order valence-electron chi connectivity index (χ2n) is 8.38. The van der Waals surface area contributed by atoms with Crippen molar-refractivity contribution in [1.29, 1.82) is 0 Å². The second-order valence-corrected chi connectivity index (χ2v) is 8.76. The minimum Gasteiger partial charge on any atom is -0.350 e. The van der Waals surface area contributed by atoms with Crippen molar-refractivity contribution in [2.24, 2.45) is 0 Å². The summed E-state index contributed by atoms with van der Waals surface area (Å²) in [4.78, 5) is 41.2. The van der Waals surface area contributed by atoms with Crippen LogP contribution in [0.15, 0.2) is 59.3 Å². The Balaban J connectivity index is 1.47. The Labute approximate surface area is 192 Å². The Morgan fingerprint density at radius 3 is 2.22 bits per heavy atom. The van der Waals surface area contributed by atoms with Gasteiger partial charge in [-0.3, -0.25) is 14.4 Å². The third-order valence-corrected chi connectivity index (χ3v) is 6.51. The van der Waals surface area contributed by atoms with Crippen LogP contribution in [0.2, 0.25) is 0 Å². The molecule has 3 amide bonds. The first kappa shape index (κ1) is 22.1. The molecule has 0 radical (unpaired) electrons. The van der Waals surface area contributed by atoms with Crippen LogP contribution < -0.4 is 10.2 Å². The summed E-state index contributed by atoms with van der Waals surface area (Å²) in [7, 11) is 1.86. The van der Waals surface area contributed by atoms with Gasteiger partial charge in [-0.15, -0.1) is 0 Å². The number of hydrogen-bond donors (Lipinski definition) is 1. The van der Waals surface area contributed by atoms with Gasteiger partial charge in [0.05, 0.1) is 5.69 Å². The van der Waals surface area contributed by atoms with Gasteiger partial charge in [-0.1, -0.05) is 48.6 Å². The summed E-state index contributed by atoms with van der Waals surface area (Å²) < 4.78 is 0. The van der Waals surface area contributed by atoms with Crippen molar-refractivity contribution in [3.8, 4) is 0 Å². The number of carbonyl (C=O) groups excluding carboxylic acids is 3. The minimum absolute atomic E-state index is 0.0154. The van der Waals surface area contributed by atoms with Crippen LogP contribution >= 0.6 is 11.6 Å². The molecular formula is C25H26ClN3O3. The predicted octanol–water partition coefficient (Wildman–Crippen LogP) is 4.84. The van der Waals surface area contributed by atoms with Gasteiger partial charge < -0.3 is 10.2 Å². The Hall–Kier alpha value is -3.12. The van der Waals surface area contributed by atoms with Gasteiger partial charge in [-0.05, 0) is 56.2 Å². The molecule has 0 atom stereocenters. The smallest absolute Gasteiger partial charge is 0.283 e. The largest absolute Gasteiger partial charge is 0.350 e. The fourth-order valence-electron chi connectivity index (χ4n) is 4.22. The van der Waals surface area contributed by atoms with Crippen LogP contribution in [-0.2, 0) is 9.59 Å². The molecule has 4 rings (SSSR count). The van der Waals surface area contributed by atoms with E-state index in [2.05, 4.69) is 5.32 Å². The Morgan fingerprint density at radius 2 is 1.59 bits per heavy atom. The molecule has 1 N–H and O–H groups in total. The lowest BCUT2D eigenvalue weighted by Crippen LogP contribution is -2.38. The molecule has 0 spiro atoms. The molecule has 1 saturated carbocycles. The first-order valence-electron chi connectivity index (χ1n) is 10.9. The third-order valence-electron chi connectivity index (χ3n) is 6.16. The quantitative estimate of drug-likeness (QED) is 0.660. The molecule has 2 aromatic rings. The van der Waals surface area contributed by atoms with E-state index in [4.69, 9.17) is 11.6 Å². The van der Waals surface area contributed by atoms with E-state index in [1.54, 1.807) is 36.4 Å². The van der Waals surface area contributed by atoms with E-state index >= 15 is 0 Å². The van der Waals surface area contributed by atoms with Crippen LogP contribution in [0.1, 0.15) is 48.0 Å². The number of anilines is 2. The third kappa shape index (κ3) is 4.28. The summed E-state index contributed by atoms with van der Waals surface area (Å²) in [5, 5.41) is 2.79. The molecule has 2 aliphatic rings. The van der Waals surface area contributed by atoms with Crippen molar-refractivity contribution < 1.29 is 14.4 Å². The Bertz CT molecular complexity index is 1070. The van der Waals surface area contributed by atoms with E-state index in [9.17, 15) is 14.4 Å². The number of imide groups is 1. The van der Waals surface area contributed by atoms with Gasteiger partial charge in [0.1, 0.15) is 10.7 Å². The summed E-state index contributed by atoms with van der Waals surface area (Å²) in [6, 6.07) is 14.2. The van der Waals surface area contributed by atoms with Gasteiger partial charge in [-0.2, -0.15) is 0 Å². The number of aryl methyl sites for hydroxylation is 1. The second kappa shape index (κ2) is 9.17. The molecule has 0 unspecified atom stereocenters. The van der Waals surface area contributed by atoms with E-state index in [0.717, 1.165) is 36.1 Å². The van der Waals surface area contributed by atoms with Crippen LogP contribution in [0, 0.1) is 6.92 Å². The highest BCUT2D eigenvalue weighted by Crippen LogP contribution is 2.30. The maximum absolute atomic E-state index is 12.9. The molecule has 1 fully saturated rings. The van der Waals surface area contributed by atoms with Crippen LogP contribution in [0.3, 0.4) is 0 Å². The van der Waals surface area contributed by atoms with Crippen molar-refractivity contribution in [3.05, 3.63) is 70.4 Å². The van der Waals surface area contributed by atoms with E-state index in [0.29, 0.717) is 16.9 Å². The van der Waals surface area contributed by atoms with Crippen molar-refractivity contribution in [2.45, 2.75) is 45.1 Å². The first-order chi connectivity index (χ1) is 15.4. The number of benzene rings is 2. The molecule has 0 saturated heterocycles. The lowest BCUT2D eigenvalue weighted by atomic mass is 9.94. The summed E-state index contributed by atoms with van der Waals surface area (Å²) in [5.41, 5.74) is 2.66. The SMILES string of the molecule is Cc1ccc(N2C(=O)C(Cl)=C(Nc3ccc(C(=O)N(C)C4CCCCC4)cc3)C2=O)cc1. The van der Waals surface area contributed by atoms with Crippen molar-refractivity contribution in [1.82, 2.24) is 4.90 Å². The van der Waals surface area contributed by atoms with Crippen LogP contribution in [-0.4, -0.2) is 35.7 Å². The topological polar surface area (TPSA) is 69.7 Å². The normalized spacial score (nSPS) is 17.2. The van der Waals surface area contributed by atoms with Crippen molar-refractivity contribution in [3.63, 3.8) is 0 Å². The summed E-state index contributed by atoms with van der Waals surface area (Å²) in [6.45, 7) is 1.93. The molecule has 166 valence electrons. The maximum atomic E-state index is 12.9. The zero-order valence-electron chi connectivity index (χ0n) is 18.2. The fraction of sp³-hybridized carbons (Fsp3) is 0.320. The zero-order chi connectivity index (χ0) is 22.8. The molecule has 0 aromatic heterocycles. The number of rotatable bonds is 5. The van der Waals surface area contributed by atoms with Crippen molar-refractivity contribution in [2.75, 3.05) is 17.3 Å². The fourth-order valence-corrected chi connectivity index (χ4v) is 4.43. The number of nitrogens with one attached hydrogen (secondary N) is 1. The van der Waals surface area contributed by atoms with Gasteiger partial charge in [0.25, 0.3) is 17.7 Å². The predicted molar refractivity (Wildman–Crippen MR) is 126 cm³/mol. The molecule has 32 heavy (non-hydrogen) atoms. The highest BCUT2D eigenvalue weighted by atomic mass is 35.5. The summed E-state index contributed by atoms with van der Waals surface area (Å²) in [6.07, 6.45) is 5.64. The van der Waals surface area contributed by atoms with E-state index in [1.165, 1.54) is 6.42 Å². The standard InChI is InChI=1S/C25H26ClN3O3/c1-16-8-14-20(15-9-16)29-24(31)21(26)22(25(29)32)27-18-12-10-17(11-13-18)23(30)28(2)19-6-4-3-5-7-19/h8-15,19,27H,3-7H2,1-2H3. The molecule has 6 nitrogen and oxygen atoms in total. The number of nitrogens with zero attached hydrogens (tertiary/aromatic N) is 2. The monoisotopic (exact) mass is 451 g/mol. The zero-order valence-corrected chi connectivity index (χ0v) is 19.0. The molecule has 1 heterocycles. The molecular weight excluding hydrogens is 426 g/mol. The van der Waals surface area contributed by atoms with E-state index < -0.39 is 11.8 Å². The number of carbonyl (C=O) groups is 3. The minimum atomic E-state index is -0.566. The van der Waals surface area contributed by atoms with Gasteiger partial charge >= 0.3 is 0 Å². The Kier molecular flexibility index (Phi) is 6.33. The van der Waals surface area contributed by atoms with E-state index in [1.807, 2.05) is 31.0 Å². The summed E-state index contributed by atoms with van der Waals surface area (Å²) >= 11 is 6.20. The highest BCUT2D eigenvalue weighted by Gasteiger charge is 2.39. The van der Waals surface area contributed by atoms with Crippen LogP contribution in [0.5, 0.6) is 0 Å². The van der Waals surface area contributed by atoms with E-state index in [-0.39, 0.29) is 22.7 Å². The van der Waals surface area contributed by atoms with Crippen LogP contribution in [0.4, 0.5) is 11.4 Å². The van der Waals surface area contributed by atoms with Gasteiger partial charge in [0.15, 0.2) is 0 Å². The first-order valence-corrected chi connectivity index (χ1v) is 11.2. The lowest BCUT2D eigenvalue weighted by molar-refractivity contribution is -0.120. The Morgan fingerprint density at radius 1 is 0.969 bits per heavy atom. The van der Waals surface area contributed by atoms with Crippen LogP contribution in [0.25, 0.3) is 0 Å². The number of halogens is 1. The number of hydrogen-bond acceptors (Lipinski definition) is 4. The summed E-state index contributed by atoms with van der Waals surface area (Å²) in [5.74, 6) is -1.09. The maximum Gasteiger partial charge on any atom is 0.283 e. The average molecular weight is 452 g/mol. The lowest BCUT2D eigenvalue weighted by Gasteiger charge is -2.31. The molecule has 7 heteroatoms. The van der Waals surface area contributed by atoms with Gasteiger partial charge in [0.2, 0.25) is 0 Å². The highest BCUT2D eigenvalue weighted by molar-refractivity contribution is 6.53. The molecule has 2 aromatic carbocycles. The van der Waals surface area contributed by atoms with Gasteiger partial charge in [0, 0.05) is 24.3 Å².